The van der Waals surface area contributed by atoms with E-state index < -0.39 is 11.9 Å². The smallest absolute Gasteiger partial charge is 0.320 e. The normalized spacial score (nSPS) is 11.5. The molecule has 0 spiro atoms. The molecule has 0 aliphatic rings. The Bertz CT molecular complexity index is 1210. The Balaban J connectivity index is 1.45. The van der Waals surface area contributed by atoms with Crippen LogP contribution >= 0.6 is 0 Å². The largest absolute Gasteiger partial charge is 0.469 e. The van der Waals surface area contributed by atoms with Crippen molar-refractivity contribution in [1.29, 1.82) is 0 Å². The molecule has 3 N–H and O–H groups in total. The number of nitrogens with one attached hydrogen (secondary N) is 3. The van der Waals surface area contributed by atoms with Gasteiger partial charge in [0.1, 0.15) is 18.2 Å². The van der Waals surface area contributed by atoms with Crippen molar-refractivity contribution in [2.45, 2.75) is 51.2 Å². The molecule has 10 nitrogen and oxygen atoms in total. The fourth-order valence-corrected chi connectivity index (χ4v) is 4.01. The Morgan fingerprint density at radius 1 is 0.875 bits per heavy atom. The highest BCUT2D eigenvalue weighted by Crippen LogP contribution is 2.19. The van der Waals surface area contributed by atoms with Crippen LogP contribution in [0.4, 0.5) is 0 Å². The molecule has 0 saturated heterocycles. The minimum absolute atomic E-state index is 0.0423. The lowest BCUT2D eigenvalue weighted by Crippen LogP contribution is -2.47. The van der Waals surface area contributed by atoms with Crippen LogP contribution in [0.25, 0.3) is 11.0 Å². The average molecular weight is 552 g/mol. The number of esters is 2. The molecule has 40 heavy (non-hydrogen) atoms. The zero-order valence-electron chi connectivity index (χ0n) is 22.8. The summed E-state index contributed by atoms with van der Waals surface area (Å²) in [5, 5.41) is 9.47. The van der Waals surface area contributed by atoms with Crippen molar-refractivity contribution in [3.63, 3.8) is 0 Å². The first-order valence-electron chi connectivity index (χ1n) is 13.5. The quantitative estimate of drug-likeness (QED) is 0.171. The zero-order valence-corrected chi connectivity index (χ0v) is 22.8. The Kier molecular flexibility index (Phi) is 12.7. The first-order chi connectivity index (χ1) is 19.5. The first kappa shape index (κ1) is 30.4. The van der Waals surface area contributed by atoms with Gasteiger partial charge in [-0.1, -0.05) is 55.0 Å². The summed E-state index contributed by atoms with van der Waals surface area (Å²) in [7, 11) is 1.36. The molecular formula is C30H37N3O7. The number of rotatable bonds is 17. The van der Waals surface area contributed by atoms with Gasteiger partial charge in [0, 0.05) is 18.4 Å². The molecule has 0 aliphatic heterocycles. The number of unbranched alkanes of at least 4 members (excludes halogenated alkanes) is 2. The van der Waals surface area contributed by atoms with Crippen molar-refractivity contribution in [2.75, 3.05) is 26.7 Å². The van der Waals surface area contributed by atoms with Crippen molar-refractivity contribution in [3.8, 4) is 0 Å². The third-order valence-corrected chi connectivity index (χ3v) is 6.21. The van der Waals surface area contributed by atoms with E-state index in [1.807, 2.05) is 48.5 Å². The molecule has 0 unspecified atom stereocenters. The predicted molar refractivity (Wildman–Crippen MR) is 149 cm³/mol. The molecule has 2 amide bonds. The predicted octanol–water partition coefficient (Wildman–Crippen LogP) is 3.49. The highest BCUT2D eigenvalue weighted by Gasteiger charge is 2.23. The SMILES string of the molecule is COC(=O)CCCCCNC(=O)[C@H](CCCNCC(=O)OCc1ccccc1)NC(=O)c1cc2ccccc2o1. The number of methoxy groups -OCH3 is 1. The van der Waals surface area contributed by atoms with E-state index in [1.165, 1.54) is 7.11 Å². The van der Waals surface area contributed by atoms with Crippen LogP contribution < -0.4 is 16.0 Å². The molecule has 0 radical (unpaired) electrons. The molecular weight excluding hydrogens is 514 g/mol. The van der Waals surface area contributed by atoms with E-state index in [0.717, 1.165) is 17.4 Å². The van der Waals surface area contributed by atoms with Crippen LogP contribution in [0.5, 0.6) is 0 Å². The van der Waals surface area contributed by atoms with Gasteiger partial charge in [0.25, 0.3) is 5.91 Å². The summed E-state index contributed by atoms with van der Waals surface area (Å²) in [6.45, 7) is 1.13. The van der Waals surface area contributed by atoms with E-state index in [-0.39, 0.29) is 36.8 Å². The lowest BCUT2D eigenvalue weighted by Gasteiger charge is -2.18. The molecule has 1 atom stereocenters. The number of para-hydroxylation sites is 1. The number of hydrogen-bond acceptors (Lipinski definition) is 8. The minimum Gasteiger partial charge on any atom is -0.469 e. The van der Waals surface area contributed by atoms with Crippen molar-refractivity contribution in [1.82, 2.24) is 16.0 Å². The van der Waals surface area contributed by atoms with Gasteiger partial charge in [-0.15, -0.1) is 0 Å². The van der Waals surface area contributed by atoms with Crippen molar-refractivity contribution >= 4 is 34.7 Å². The highest BCUT2D eigenvalue weighted by molar-refractivity contribution is 5.98. The molecule has 0 bridgehead atoms. The number of furan rings is 1. The summed E-state index contributed by atoms with van der Waals surface area (Å²) in [5.41, 5.74) is 1.50. The van der Waals surface area contributed by atoms with Gasteiger partial charge >= 0.3 is 11.9 Å². The van der Waals surface area contributed by atoms with Gasteiger partial charge in [0.05, 0.1) is 13.7 Å². The monoisotopic (exact) mass is 551 g/mol. The van der Waals surface area contributed by atoms with E-state index >= 15 is 0 Å². The number of amides is 2. The lowest BCUT2D eigenvalue weighted by molar-refractivity contribution is -0.144. The highest BCUT2D eigenvalue weighted by atomic mass is 16.5. The van der Waals surface area contributed by atoms with Crippen molar-refractivity contribution < 1.29 is 33.1 Å². The second-order valence-electron chi connectivity index (χ2n) is 9.32. The van der Waals surface area contributed by atoms with Crippen LogP contribution in [0, 0.1) is 0 Å². The summed E-state index contributed by atoms with van der Waals surface area (Å²) in [5.74, 6) is -1.29. The van der Waals surface area contributed by atoms with E-state index in [9.17, 15) is 19.2 Å². The van der Waals surface area contributed by atoms with Crippen molar-refractivity contribution in [2.24, 2.45) is 0 Å². The fraction of sp³-hybridized carbons (Fsp3) is 0.400. The standard InChI is InChI=1S/C30H37N3O7/c1-38-27(34)16-6-3-9-18-32-29(36)24(33-30(37)26-19-23-13-7-8-15-25(23)40-26)14-10-17-31-20-28(35)39-21-22-11-4-2-5-12-22/h2,4-5,7-8,11-13,15,19,24,31H,3,6,9-10,14,16-18,20-21H2,1H3,(H,32,36)(H,33,37)/t24-/m0/s1. The maximum absolute atomic E-state index is 12.9. The molecule has 10 heteroatoms. The van der Waals surface area contributed by atoms with Gasteiger partial charge < -0.3 is 29.8 Å². The van der Waals surface area contributed by atoms with Gasteiger partial charge in [0.15, 0.2) is 5.76 Å². The van der Waals surface area contributed by atoms with Gasteiger partial charge in [-0.05, 0) is 49.9 Å². The number of carbonyl (C=O) groups excluding carboxylic acids is 4. The number of hydrogen-bond donors (Lipinski definition) is 3. The molecule has 214 valence electrons. The Labute approximate surface area is 233 Å². The Hall–Kier alpha value is -4.18. The van der Waals surface area contributed by atoms with Gasteiger partial charge in [-0.25, -0.2) is 0 Å². The minimum atomic E-state index is -0.789. The first-order valence-corrected chi connectivity index (χ1v) is 13.5. The summed E-state index contributed by atoms with van der Waals surface area (Å²) in [6, 6.07) is 17.6. The average Bonchev–Trinajstić information content (AvgIpc) is 3.42. The van der Waals surface area contributed by atoms with Crippen LogP contribution in [-0.4, -0.2) is 56.5 Å². The fourth-order valence-electron chi connectivity index (χ4n) is 4.01. The second-order valence-corrected chi connectivity index (χ2v) is 9.32. The molecule has 0 saturated carbocycles. The number of ether oxygens (including phenoxy) is 2. The molecule has 1 heterocycles. The van der Waals surface area contributed by atoms with Crippen LogP contribution in [0.2, 0.25) is 0 Å². The summed E-state index contributed by atoms with van der Waals surface area (Å²) < 4.78 is 15.5. The maximum Gasteiger partial charge on any atom is 0.320 e. The number of benzene rings is 2. The second kappa shape index (κ2) is 16.7. The van der Waals surface area contributed by atoms with Gasteiger partial charge in [-0.3, -0.25) is 19.2 Å². The topological polar surface area (TPSA) is 136 Å². The van der Waals surface area contributed by atoms with Crippen LogP contribution in [0.1, 0.15) is 54.6 Å². The van der Waals surface area contributed by atoms with E-state index in [2.05, 4.69) is 20.7 Å². The molecule has 3 aromatic rings. The Morgan fingerprint density at radius 2 is 1.65 bits per heavy atom. The van der Waals surface area contributed by atoms with Crippen molar-refractivity contribution in [3.05, 3.63) is 72.0 Å². The van der Waals surface area contributed by atoms with Crippen LogP contribution in [0.3, 0.4) is 0 Å². The van der Waals surface area contributed by atoms with Crippen LogP contribution in [-0.2, 0) is 30.5 Å². The van der Waals surface area contributed by atoms with Gasteiger partial charge in [-0.2, -0.15) is 0 Å². The van der Waals surface area contributed by atoms with Crippen LogP contribution in [0.15, 0.2) is 65.1 Å². The maximum atomic E-state index is 12.9. The Morgan fingerprint density at radius 3 is 2.42 bits per heavy atom. The summed E-state index contributed by atoms with van der Waals surface area (Å²) in [6.07, 6.45) is 3.35. The number of fused-ring (bicyclic) bond motifs is 1. The summed E-state index contributed by atoms with van der Waals surface area (Å²) >= 11 is 0. The summed E-state index contributed by atoms with van der Waals surface area (Å²) in [4.78, 5) is 49.1. The van der Waals surface area contributed by atoms with E-state index in [1.54, 1.807) is 12.1 Å². The zero-order chi connectivity index (χ0) is 28.6. The third kappa shape index (κ3) is 10.5. The van der Waals surface area contributed by atoms with E-state index in [4.69, 9.17) is 9.15 Å². The lowest BCUT2D eigenvalue weighted by atomic mass is 10.1. The molecule has 2 aromatic carbocycles. The molecule has 1 aromatic heterocycles. The third-order valence-electron chi connectivity index (χ3n) is 6.21. The molecule has 0 fully saturated rings. The molecule has 0 aliphatic carbocycles. The number of carbonyl (C=O) groups is 4. The van der Waals surface area contributed by atoms with Gasteiger partial charge in [0.2, 0.25) is 5.91 Å². The van der Waals surface area contributed by atoms with E-state index in [0.29, 0.717) is 50.8 Å². The molecule has 3 rings (SSSR count).